The Labute approximate surface area is 101 Å². The number of aromatic nitrogens is 1. The highest BCUT2D eigenvalue weighted by Crippen LogP contribution is 2.51. The molecular weight excluding hydrogens is 218 g/mol. The highest BCUT2D eigenvalue weighted by atomic mass is 16.5. The molecule has 0 aliphatic heterocycles. The summed E-state index contributed by atoms with van der Waals surface area (Å²) in [5.41, 5.74) is 0.345. The van der Waals surface area contributed by atoms with Crippen LogP contribution >= 0.6 is 0 Å². The van der Waals surface area contributed by atoms with Crippen molar-refractivity contribution in [2.75, 3.05) is 6.61 Å². The van der Waals surface area contributed by atoms with E-state index in [1.165, 1.54) is 0 Å². The monoisotopic (exact) mass is 237 g/mol. The molecule has 1 heterocycles. The van der Waals surface area contributed by atoms with Gasteiger partial charge in [-0.3, -0.25) is 0 Å². The Balaban J connectivity index is 2.20. The molecule has 0 spiro atoms. The number of hydrogen-bond acceptors (Lipinski definition) is 2. The first-order valence-electron chi connectivity index (χ1n) is 6.00. The van der Waals surface area contributed by atoms with Crippen LogP contribution in [0.25, 0.3) is 0 Å². The van der Waals surface area contributed by atoms with Gasteiger partial charge in [-0.05, 0) is 25.5 Å². The molecule has 1 saturated carbocycles. The predicted octanol–water partition coefficient (Wildman–Crippen LogP) is 2.56. The summed E-state index contributed by atoms with van der Waals surface area (Å²) in [6, 6.07) is 3.64. The van der Waals surface area contributed by atoms with E-state index in [2.05, 4.69) is 13.8 Å². The fourth-order valence-corrected chi connectivity index (χ4v) is 2.67. The maximum absolute atomic E-state index is 11.1. The molecule has 2 unspecified atom stereocenters. The molecule has 0 aromatic carbocycles. The van der Waals surface area contributed by atoms with E-state index >= 15 is 0 Å². The first-order chi connectivity index (χ1) is 7.98. The van der Waals surface area contributed by atoms with E-state index in [4.69, 9.17) is 9.84 Å². The Morgan fingerprint density at radius 1 is 1.65 bits per heavy atom. The molecule has 1 aromatic heterocycles. The van der Waals surface area contributed by atoms with Crippen molar-refractivity contribution in [3.05, 3.63) is 24.0 Å². The second-order valence-electron chi connectivity index (χ2n) is 5.12. The number of carbonyl (C=O) groups is 1. The SMILES string of the molecule is CCOC1CC(n2cccc2C(=O)O)C1(C)C. The van der Waals surface area contributed by atoms with Crippen LogP contribution in [0, 0.1) is 5.41 Å². The number of carboxylic acid groups (broad SMARTS) is 1. The minimum absolute atomic E-state index is 0.0147. The van der Waals surface area contributed by atoms with Gasteiger partial charge in [0.1, 0.15) is 5.69 Å². The summed E-state index contributed by atoms with van der Waals surface area (Å²) in [5, 5.41) is 9.11. The van der Waals surface area contributed by atoms with Crippen LogP contribution in [0.4, 0.5) is 0 Å². The van der Waals surface area contributed by atoms with Crippen LogP contribution in [0.5, 0.6) is 0 Å². The second kappa shape index (κ2) is 4.18. The van der Waals surface area contributed by atoms with Crippen molar-refractivity contribution in [2.45, 2.75) is 39.3 Å². The zero-order valence-electron chi connectivity index (χ0n) is 10.5. The third-order valence-corrected chi connectivity index (χ3v) is 3.83. The topological polar surface area (TPSA) is 51.5 Å². The molecule has 17 heavy (non-hydrogen) atoms. The van der Waals surface area contributed by atoms with Gasteiger partial charge < -0.3 is 14.4 Å². The van der Waals surface area contributed by atoms with Crippen molar-refractivity contribution in [2.24, 2.45) is 5.41 Å². The van der Waals surface area contributed by atoms with E-state index in [0.29, 0.717) is 12.3 Å². The number of carboxylic acids is 1. The van der Waals surface area contributed by atoms with Gasteiger partial charge in [0, 0.05) is 24.3 Å². The molecule has 1 aromatic rings. The maximum atomic E-state index is 11.1. The molecule has 1 N–H and O–H groups in total. The minimum atomic E-state index is -0.870. The summed E-state index contributed by atoms with van der Waals surface area (Å²) >= 11 is 0. The van der Waals surface area contributed by atoms with Crippen molar-refractivity contribution >= 4 is 5.97 Å². The molecule has 0 amide bonds. The van der Waals surface area contributed by atoms with Gasteiger partial charge >= 0.3 is 5.97 Å². The van der Waals surface area contributed by atoms with Crippen molar-refractivity contribution < 1.29 is 14.6 Å². The van der Waals surface area contributed by atoms with E-state index in [1.54, 1.807) is 12.1 Å². The van der Waals surface area contributed by atoms with Gasteiger partial charge in [-0.2, -0.15) is 0 Å². The lowest BCUT2D eigenvalue weighted by atomic mass is 9.64. The van der Waals surface area contributed by atoms with E-state index in [1.807, 2.05) is 17.7 Å². The van der Waals surface area contributed by atoms with Crippen LogP contribution < -0.4 is 0 Å². The molecule has 1 fully saturated rings. The Kier molecular flexibility index (Phi) is 3.00. The second-order valence-corrected chi connectivity index (χ2v) is 5.12. The normalized spacial score (nSPS) is 26.5. The van der Waals surface area contributed by atoms with Crippen molar-refractivity contribution in [1.29, 1.82) is 0 Å². The van der Waals surface area contributed by atoms with Crippen molar-refractivity contribution in [1.82, 2.24) is 4.57 Å². The quantitative estimate of drug-likeness (QED) is 0.875. The smallest absolute Gasteiger partial charge is 0.352 e. The predicted molar refractivity (Wildman–Crippen MR) is 64.2 cm³/mol. The Morgan fingerprint density at radius 3 is 2.88 bits per heavy atom. The number of aromatic carboxylic acids is 1. The zero-order chi connectivity index (χ0) is 12.6. The third-order valence-electron chi connectivity index (χ3n) is 3.83. The first-order valence-corrected chi connectivity index (χ1v) is 6.00. The van der Waals surface area contributed by atoms with Crippen LogP contribution in [-0.2, 0) is 4.74 Å². The fraction of sp³-hybridized carbons (Fsp3) is 0.615. The highest BCUT2D eigenvalue weighted by molar-refractivity contribution is 5.85. The van der Waals surface area contributed by atoms with Crippen LogP contribution in [0.3, 0.4) is 0 Å². The average molecular weight is 237 g/mol. The van der Waals surface area contributed by atoms with Gasteiger partial charge in [0.2, 0.25) is 0 Å². The summed E-state index contributed by atoms with van der Waals surface area (Å²) in [6.45, 7) is 6.96. The summed E-state index contributed by atoms with van der Waals surface area (Å²) in [5.74, 6) is -0.870. The molecule has 1 aliphatic rings. The molecule has 0 radical (unpaired) electrons. The van der Waals surface area contributed by atoms with Crippen molar-refractivity contribution in [3.8, 4) is 0 Å². The minimum Gasteiger partial charge on any atom is -0.477 e. The van der Waals surface area contributed by atoms with Gasteiger partial charge in [-0.15, -0.1) is 0 Å². The molecule has 0 saturated heterocycles. The average Bonchev–Trinajstić information content (AvgIpc) is 2.72. The Morgan fingerprint density at radius 2 is 2.35 bits per heavy atom. The standard InChI is InChI=1S/C13H19NO3/c1-4-17-11-8-10(13(11,2)3)14-7-5-6-9(14)12(15)16/h5-7,10-11H,4,8H2,1-3H3,(H,15,16). The Bertz CT molecular complexity index is 422. The highest BCUT2D eigenvalue weighted by Gasteiger charge is 2.50. The largest absolute Gasteiger partial charge is 0.477 e. The molecule has 1 aliphatic carbocycles. The van der Waals surface area contributed by atoms with E-state index in [9.17, 15) is 4.79 Å². The van der Waals surface area contributed by atoms with Crippen LogP contribution in [0.2, 0.25) is 0 Å². The third kappa shape index (κ3) is 1.86. The van der Waals surface area contributed by atoms with Crippen LogP contribution in [0.15, 0.2) is 18.3 Å². The summed E-state index contributed by atoms with van der Waals surface area (Å²) in [6.07, 6.45) is 2.95. The van der Waals surface area contributed by atoms with Crippen molar-refractivity contribution in [3.63, 3.8) is 0 Å². The molecule has 2 atom stereocenters. The van der Waals surface area contributed by atoms with Gasteiger partial charge in [0.05, 0.1) is 6.10 Å². The molecule has 0 bridgehead atoms. The number of rotatable bonds is 4. The first kappa shape index (κ1) is 12.2. The van der Waals surface area contributed by atoms with Gasteiger partial charge in [-0.1, -0.05) is 13.8 Å². The Hall–Kier alpha value is -1.29. The van der Waals surface area contributed by atoms with E-state index in [-0.39, 0.29) is 17.6 Å². The fourth-order valence-electron chi connectivity index (χ4n) is 2.67. The van der Waals surface area contributed by atoms with Crippen LogP contribution in [0.1, 0.15) is 43.7 Å². The zero-order valence-corrected chi connectivity index (χ0v) is 10.5. The maximum Gasteiger partial charge on any atom is 0.352 e. The van der Waals surface area contributed by atoms with Gasteiger partial charge in [0.15, 0.2) is 0 Å². The lowest BCUT2D eigenvalue weighted by Gasteiger charge is -2.52. The van der Waals surface area contributed by atoms with Gasteiger partial charge in [-0.25, -0.2) is 4.79 Å². The number of nitrogens with zero attached hydrogens (tertiary/aromatic N) is 1. The molecule has 4 nitrogen and oxygen atoms in total. The number of ether oxygens (including phenoxy) is 1. The molecular formula is C13H19NO3. The van der Waals surface area contributed by atoms with E-state index in [0.717, 1.165) is 6.42 Å². The molecule has 2 rings (SSSR count). The van der Waals surface area contributed by atoms with E-state index < -0.39 is 5.97 Å². The summed E-state index contributed by atoms with van der Waals surface area (Å²) in [7, 11) is 0. The lowest BCUT2D eigenvalue weighted by Crippen LogP contribution is -2.51. The lowest BCUT2D eigenvalue weighted by molar-refractivity contribution is -0.128. The molecule has 4 heteroatoms. The summed E-state index contributed by atoms with van der Waals surface area (Å²) in [4.78, 5) is 11.1. The van der Waals surface area contributed by atoms with Gasteiger partial charge in [0.25, 0.3) is 0 Å². The molecule has 94 valence electrons. The van der Waals surface area contributed by atoms with Crippen LogP contribution in [-0.4, -0.2) is 28.4 Å². The number of hydrogen-bond donors (Lipinski definition) is 1. The summed E-state index contributed by atoms with van der Waals surface area (Å²) < 4.78 is 7.52.